The highest BCUT2D eigenvalue weighted by Gasteiger charge is 2.29. The predicted octanol–water partition coefficient (Wildman–Crippen LogP) is 1.61. The molecule has 2 aromatic heterocycles. The maximum Gasteiger partial charge on any atom is 0.247 e. The molecule has 0 N–H and O–H groups in total. The third kappa shape index (κ3) is 3.48. The van der Waals surface area contributed by atoms with E-state index in [0.29, 0.717) is 31.5 Å². The summed E-state index contributed by atoms with van der Waals surface area (Å²) >= 11 is 0. The van der Waals surface area contributed by atoms with Crippen molar-refractivity contribution < 1.29 is 13.9 Å². The first-order valence-corrected chi connectivity index (χ1v) is 8.17. The highest BCUT2D eigenvalue weighted by atomic mass is 16.5. The molecule has 1 fully saturated rings. The molecule has 24 heavy (non-hydrogen) atoms. The average molecular weight is 333 g/mol. The summed E-state index contributed by atoms with van der Waals surface area (Å²) in [5.41, 5.74) is 1.89. The van der Waals surface area contributed by atoms with E-state index in [1.54, 1.807) is 9.58 Å². The van der Waals surface area contributed by atoms with Gasteiger partial charge in [0.05, 0.1) is 18.8 Å². The maximum absolute atomic E-state index is 12.6. The molecule has 1 aliphatic heterocycles. The predicted molar refractivity (Wildman–Crippen MR) is 85.4 cm³/mol. The molecule has 0 aromatic carbocycles. The van der Waals surface area contributed by atoms with E-state index in [4.69, 9.17) is 9.15 Å². The number of hydrogen-bond acceptors (Lipinski definition) is 6. The van der Waals surface area contributed by atoms with Crippen LogP contribution in [0.2, 0.25) is 0 Å². The second-order valence-electron chi connectivity index (χ2n) is 6.42. The van der Waals surface area contributed by atoms with E-state index in [1.165, 1.54) is 0 Å². The van der Waals surface area contributed by atoms with Gasteiger partial charge in [-0.25, -0.2) is 0 Å². The van der Waals surface area contributed by atoms with Crippen LogP contribution in [0.15, 0.2) is 10.5 Å². The lowest BCUT2D eigenvalue weighted by atomic mass is 10.2. The maximum atomic E-state index is 12.6. The first-order chi connectivity index (χ1) is 11.4. The number of ether oxygens (including phenoxy) is 1. The third-order valence-electron chi connectivity index (χ3n) is 4.03. The van der Waals surface area contributed by atoms with E-state index in [-0.39, 0.29) is 24.5 Å². The Morgan fingerprint density at radius 1 is 1.38 bits per heavy atom. The van der Waals surface area contributed by atoms with Crippen molar-refractivity contribution in [2.45, 2.75) is 46.3 Å². The molecule has 0 radical (unpaired) electrons. The monoisotopic (exact) mass is 333 g/mol. The van der Waals surface area contributed by atoms with Gasteiger partial charge in [-0.3, -0.25) is 9.48 Å². The van der Waals surface area contributed by atoms with Crippen molar-refractivity contribution in [2.75, 3.05) is 19.7 Å². The lowest BCUT2D eigenvalue weighted by molar-refractivity contribution is -0.140. The second kappa shape index (κ2) is 6.72. The number of aryl methyl sites for hydroxylation is 2. The topological polar surface area (TPSA) is 86.3 Å². The van der Waals surface area contributed by atoms with E-state index in [0.717, 1.165) is 11.4 Å². The van der Waals surface area contributed by atoms with E-state index in [2.05, 4.69) is 15.3 Å². The third-order valence-corrected chi connectivity index (χ3v) is 4.03. The summed E-state index contributed by atoms with van der Waals surface area (Å²) in [5, 5.41) is 12.4. The molecule has 1 aliphatic rings. The van der Waals surface area contributed by atoms with Crippen molar-refractivity contribution in [1.82, 2.24) is 24.9 Å². The van der Waals surface area contributed by atoms with Crippen LogP contribution in [0, 0.1) is 13.8 Å². The Kier molecular flexibility index (Phi) is 4.66. The molecule has 0 saturated carbocycles. The SMILES string of the molecule is Cc1cc(C)n(CC(=O)N2CCO[C@@H](c3nnc(C(C)C)o3)C2)n1. The second-order valence-corrected chi connectivity index (χ2v) is 6.42. The lowest BCUT2D eigenvalue weighted by Gasteiger charge is -2.31. The molecule has 3 rings (SSSR count). The Balaban J connectivity index is 1.66. The highest BCUT2D eigenvalue weighted by Crippen LogP contribution is 2.23. The molecular weight excluding hydrogens is 310 g/mol. The van der Waals surface area contributed by atoms with E-state index < -0.39 is 0 Å². The molecule has 1 atom stereocenters. The van der Waals surface area contributed by atoms with Gasteiger partial charge in [-0.05, 0) is 19.9 Å². The Morgan fingerprint density at radius 2 is 2.17 bits per heavy atom. The molecule has 0 unspecified atom stereocenters. The minimum absolute atomic E-state index is 0.0121. The summed E-state index contributed by atoms with van der Waals surface area (Å²) in [7, 11) is 0. The van der Waals surface area contributed by atoms with Crippen LogP contribution in [0.3, 0.4) is 0 Å². The molecule has 0 aliphatic carbocycles. The quantitative estimate of drug-likeness (QED) is 0.845. The van der Waals surface area contributed by atoms with Gasteiger partial charge in [-0.15, -0.1) is 10.2 Å². The molecular formula is C16H23N5O3. The van der Waals surface area contributed by atoms with Gasteiger partial charge in [-0.2, -0.15) is 5.10 Å². The van der Waals surface area contributed by atoms with Gasteiger partial charge in [-0.1, -0.05) is 13.8 Å². The number of rotatable bonds is 4. The molecule has 1 saturated heterocycles. The van der Waals surface area contributed by atoms with Crippen molar-refractivity contribution >= 4 is 5.91 Å². The minimum Gasteiger partial charge on any atom is -0.422 e. The van der Waals surface area contributed by atoms with Gasteiger partial charge in [0, 0.05) is 18.2 Å². The number of morpholine rings is 1. The largest absolute Gasteiger partial charge is 0.422 e. The smallest absolute Gasteiger partial charge is 0.247 e. The number of nitrogens with zero attached hydrogens (tertiary/aromatic N) is 5. The number of carbonyl (C=O) groups excluding carboxylic acids is 1. The molecule has 0 spiro atoms. The van der Waals surface area contributed by atoms with Crippen LogP contribution in [-0.4, -0.2) is 50.5 Å². The first-order valence-electron chi connectivity index (χ1n) is 8.17. The fourth-order valence-electron chi connectivity index (χ4n) is 2.70. The van der Waals surface area contributed by atoms with Crippen molar-refractivity contribution in [2.24, 2.45) is 0 Å². The Hall–Kier alpha value is -2.22. The van der Waals surface area contributed by atoms with Crippen LogP contribution in [0.1, 0.15) is 49.0 Å². The van der Waals surface area contributed by atoms with Crippen LogP contribution < -0.4 is 0 Å². The fourth-order valence-corrected chi connectivity index (χ4v) is 2.70. The van der Waals surface area contributed by atoms with E-state index >= 15 is 0 Å². The Labute approximate surface area is 140 Å². The normalized spacial score (nSPS) is 18.4. The molecule has 0 bridgehead atoms. The summed E-state index contributed by atoms with van der Waals surface area (Å²) < 4.78 is 13.1. The zero-order valence-electron chi connectivity index (χ0n) is 14.5. The fraction of sp³-hybridized carbons (Fsp3) is 0.625. The van der Waals surface area contributed by atoms with Crippen molar-refractivity contribution in [3.63, 3.8) is 0 Å². The standard InChI is InChI=1S/C16H23N5O3/c1-10(2)15-17-18-16(24-15)13-8-20(5-6-23-13)14(22)9-21-12(4)7-11(3)19-21/h7,10,13H,5-6,8-9H2,1-4H3/t13-/m1/s1. The van der Waals surface area contributed by atoms with Gasteiger partial charge < -0.3 is 14.1 Å². The van der Waals surface area contributed by atoms with Gasteiger partial charge in [0.25, 0.3) is 0 Å². The van der Waals surface area contributed by atoms with E-state index in [1.807, 2.05) is 33.8 Å². The molecule has 3 heterocycles. The molecule has 8 nitrogen and oxygen atoms in total. The number of carbonyl (C=O) groups is 1. The molecule has 8 heteroatoms. The average Bonchev–Trinajstić information content (AvgIpc) is 3.15. The highest BCUT2D eigenvalue weighted by molar-refractivity contribution is 5.76. The summed E-state index contributed by atoms with van der Waals surface area (Å²) in [6.45, 7) is 9.49. The van der Waals surface area contributed by atoms with Crippen molar-refractivity contribution in [3.05, 3.63) is 29.2 Å². The Bertz CT molecular complexity index is 721. The van der Waals surface area contributed by atoms with E-state index in [9.17, 15) is 4.79 Å². The van der Waals surface area contributed by atoms with Crippen LogP contribution >= 0.6 is 0 Å². The lowest BCUT2D eigenvalue weighted by Crippen LogP contribution is -2.44. The minimum atomic E-state index is -0.372. The first kappa shape index (κ1) is 16.6. The van der Waals surface area contributed by atoms with Crippen LogP contribution in [0.4, 0.5) is 0 Å². The number of aromatic nitrogens is 4. The van der Waals surface area contributed by atoms with Crippen LogP contribution in [0.25, 0.3) is 0 Å². The summed E-state index contributed by atoms with van der Waals surface area (Å²) in [4.78, 5) is 14.3. The Morgan fingerprint density at radius 3 is 2.79 bits per heavy atom. The van der Waals surface area contributed by atoms with Gasteiger partial charge in [0.2, 0.25) is 17.7 Å². The molecule has 2 aromatic rings. The van der Waals surface area contributed by atoms with Crippen LogP contribution in [-0.2, 0) is 16.1 Å². The number of hydrogen-bond donors (Lipinski definition) is 0. The molecule has 1 amide bonds. The van der Waals surface area contributed by atoms with Crippen molar-refractivity contribution in [1.29, 1.82) is 0 Å². The van der Waals surface area contributed by atoms with Gasteiger partial charge in [0.1, 0.15) is 6.54 Å². The van der Waals surface area contributed by atoms with Crippen LogP contribution in [0.5, 0.6) is 0 Å². The van der Waals surface area contributed by atoms with Gasteiger partial charge >= 0.3 is 0 Å². The summed E-state index contributed by atoms with van der Waals surface area (Å²) in [5.74, 6) is 1.19. The van der Waals surface area contributed by atoms with Crippen molar-refractivity contribution in [3.8, 4) is 0 Å². The summed E-state index contributed by atoms with van der Waals surface area (Å²) in [6.07, 6.45) is -0.372. The number of amides is 1. The zero-order chi connectivity index (χ0) is 17.3. The molecule has 130 valence electrons. The zero-order valence-corrected chi connectivity index (χ0v) is 14.5. The van der Waals surface area contributed by atoms with Gasteiger partial charge in [0.15, 0.2) is 6.10 Å². The summed E-state index contributed by atoms with van der Waals surface area (Å²) in [6, 6.07) is 1.96.